The molecule has 4 aromatic rings. The summed E-state index contributed by atoms with van der Waals surface area (Å²) in [5.41, 5.74) is 0.975. The van der Waals surface area contributed by atoms with Gasteiger partial charge in [-0.1, -0.05) is 18.2 Å². The molecule has 0 aliphatic carbocycles. The lowest BCUT2D eigenvalue weighted by atomic mass is 10.0. The number of rotatable bonds is 6. The zero-order chi connectivity index (χ0) is 21.1. The summed E-state index contributed by atoms with van der Waals surface area (Å²) in [7, 11) is 1.77. The molecule has 0 radical (unpaired) electrons. The van der Waals surface area contributed by atoms with Gasteiger partial charge in [0.05, 0.1) is 31.4 Å². The molecule has 0 N–H and O–H groups in total. The van der Waals surface area contributed by atoms with E-state index >= 15 is 0 Å². The van der Waals surface area contributed by atoms with Crippen LogP contribution < -0.4 is 10.2 Å². The van der Waals surface area contributed by atoms with Crippen LogP contribution in [-0.2, 0) is 7.05 Å². The molecular formula is C21H18N6O3. The van der Waals surface area contributed by atoms with Crippen LogP contribution in [0, 0.1) is 0 Å². The molecule has 150 valence electrons. The Bertz CT molecular complexity index is 1260. The van der Waals surface area contributed by atoms with Crippen LogP contribution in [0.15, 0.2) is 66.1 Å². The quantitative estimate of drug-likeness (QED) is 0.455. The summed E-state index contributed by atoms with van der Waals surface area (Å²) in [6, 6.07) is 8.08. The first kappa shape index (κ1) is 19.2. The highest BCUT2D eigenvalue weighted by Crippen LogP contribution is 2.19. The Hall–Kier alpha value is -4.14. The van der Waals surface area contributed by atoms with E-state index in [1.54, 1.807) is 60.8 Å². The summed E-state index contributed by atoms with van der Waals surface area (Å²) in [4.78, 5) is 33.9. The molecule has 0 unspecified atom stereocenters. The first-order valence-corrected chi connectivity index (χ1v) is 9.24. The molecule has 0 aliphatic heterocycles. The van der Waals surface area contributed by atoms with E-state index in [9.17, 15) is 9.59 Å². The van der Waals surface area contributed by atoms with E-state index in [2.05, 4.69) is 20.2 Å². The summed E-state index contributed by atoms with van der Waals surface area (Å²) in [5.74, 6) is 0.533. The summed E-state index contributed by atoms with van der Waals surface area (Å²) in [6.07, 6.45) is 7.98. The number of aryl methyl sites for hydroxylation is 1. The van der Waals surface area contributed by atoms with Gasteiger partial charge in [0.1, 0.15) is 5.69 Å². The predicted molar refractivity (Wildman–Crippen MR) is 109 cm³/mol. The van der Waals surface area contributed by atoms with Crippen molar-refractivity contribution in [2.24, 2.45) is 7.05 Å². The molecule has 0 spiro atoms. The van der Waals surface area contributed by atoms with Crippen molar-refractivity contribution in [1.82, 2.24) is 29.5 Å². The van der Waals surface area contributed by atoms with E-state index in [0.717, 1.165) is 0 Å². The fourth-order valence-corrected chi connectivity index (χ4v) is 2.88. The number of nitrogens with zero attached hydrogens (tertiary/aromatic N) is 6. The van der Waals surface area contributed by atoms with Crippen LogP contribution in [0.2, 0.25) is 0 Å². The smallest absolute Gasteiger partial charge is 0.217 e. The van der Waals surface area contributed by atoms with Crippen LogP contribution in [0.5, 0.6) is 5.75 Å². The molecule has 0 atom stereocenters. The van der Waals surface area contributed by atoms with Crippen LogP contribution in [0.25, 0.3) is 17.1 Å². The van der Waals surface area contributed by atoms with Gasteiger partial charge in [0.25, 0.3) is 0 Å². The van der Waals surface area contributed by atoms with Crippen LogP contribution in [0.1, 0.15) is 23.0 Å². The van der Waals surface area contributed by atoms with E-state index in [1.165, 1.54) is 16.9 Å². The topological polar surface area (TPSA) is 105 Å². The minimum atomic E-state index is -0.481. The maximum absolute atomic E-state index is 13.0. The van der Waals surface area contributed by atoms with Crippen LogP contribution >= 0.6 is 0 Å². The lowest BCUT2D eigenvalue weighted by Gasteiger charge is -2.07. The highest BCUT2D eigenvalue weighted by molar-refractivity contribution is 6.08. The van der Waals surface area contributed by atoms with Gasteiger partial charge in [-0.25, -0.2) is 14.6 Å². The van der Waals surface area contributed by atoms with E-state index < -0.39 is 11.2 Å². The number of carbonyl (C=O) groups is 1. The minimum Gasteiger partial charge on any atom is -0.491 e. The maximum atomic E-state index is 13.0. The van der Waals surface area contributed by atoms with Crippen molar-refractivity contribution in [2.75, 3.05) is 6.61 Å². The number of ether oxygens (including phenoxy) is 1. The van der Waals surface area contributed by atoms with E-state index in [0.29, 0.717) is 35.0 Å². The molecule has 9 heteroatoms. The third-order valence-corrected chi connectivity index (χ3v) is 4.30. The molecule has 9 nitrogen and oxygen atoms in total. The molecular weight excluding hydrogens is 384 g/mol. The number of benzene rings is 1. The second-order valence-electron chi connectivity index (χ2n) is 6.43. The third-order valence-electron chi connectivity index (χ3n) is 4.30. The molecule has 0 saturated heterocycles. The van der Waals surface area contributed by atoms with E-state index in [1.807, 2.05) is 6.92 Å². The molecule has 3 aromatic heterocycles. The van der Waals surface area contributed by atoms with Crippen LogP contribution in [0.4, 0.5) is 0 Å². The molecule has 0 amide bonds. The van der Waals surface area contributed by atoms with Gasteiger partial charge in [-0.2, -0.15) is 10.2 Å². The predicted octanol–water partition coefficient (Wildman–Crippen LogP) is 2.05. The normalized spacial score (nSPS) is 10.7. The summed E-state index contributed by atoms with van der Waals surface area (Å²) < 4.78 is 8.40. The number of hydrogen-bond donors (Lipinski definition) is 0. The number of aromatic nitrogens is 6. The number of hydrogen-bond acceptors (Lipinski definition) is 7. The van der Waals surface area contributed by atoms with Gasteiger partial charge in [0.15, 0.2) is 17.3 Å². The Labute approximate surface area is 171 Å². The molecule has 0 aliphatic rings. The third kappa shape index (κ3) is 3.86. The molecule has 0 bridgehead atoms. The van der Waals surface area contributed by atoms with E-state index in [4.69, 9.17) is 4.74 Å². The highest BCUT2D eigenvalue weighted by Gasteiger charge is 2.17. The van der Waals surface area contributed by atoms with Crippen molar-refractivity contribution in [3.05, 3.63) is 82.8 Å². The second-order valence-corrected chi connectivity index (χ2v) is 6.43. The fourth-order valence-electron chi connectivity index (χ4n) is 2.88. The van der Waals surface area contributed by atoms with Crippen molar-refractivity contribution >= 4 is 5.78 Å². The Morgan fingerprint density at radius 1 is 1.13 bits per heavy atom. The van der Waals surface area contributed by atoms with Gasteiger partial charge in [-0.15, -0.1) is 0 Å². The van der Waals surface area contributed by atoms with Gasteiger partial charge in [-0.3, -0.25) is 14.3 Å². The van der Waals surface area contributed by atoms with Gasteiger partial charge >= 0.3 is 0 Å². The lowest BCUT2D eigenvalue weighted by molar-refractivity contribution is 0.103. The fraction of sp³-hybridized carbons (Fsp3) is 0.143. The van der Waals surface area contributed by atoms with Crippen molar-refractivity contribution in [3.63, 3.8) is 0 Å². The standard InChI is InChI=1S/C21H18N6O3/c1-3-30-17-11-22-21(23-12-17)15-6-4-5-14(9-15)20(29)19-18(28)7-8-27(25-19)16-10-24-26(2)13-16/h4-13H,3H2,1-2H3. The number of carbonyl (C=O) groups excluding carboxylic acids is 1. The average Bonchev–Trinajstić information content (AvgIpc) is 3.21. The summed E-state index contributed by atoms with van der Waals surface area (Å²) >= 11 is 0. The molecule has 0 saturated carbocycles. The molecule has 30 heavy (non-hydrogen) atoms. The Morgan fingerprint density at radius 2 is 1.93 bits per heavy atom. The number of ketones is 1. The van der Waals surface area contributed by atoms with Crippen LogP contribution in [0.3, 0.4) is 0 Å². The monoisotopic (exact) mass is 402 g/mol. The minimum absolute atomic E-state index is 0.175. The molecule has 0 fully saturated rings. The van der Waals surface area contributed by atoms with Gasteiger partial charge in [-0.05, 0) is 13.0 Å². The van der Waals surface area contributed by atoms with Gasteiger partial charge in [0.2, 0.25) is 11.2 Å². The highest BCUT2D eigenvalue weighted by atomic mass is 16.5. The Morgan fingerprint density at radius 3 is 2.63 bits per heavy atom. The Kier molecular flexibility index (Phi) is 5.17. The first-order chi connectivity index (χ1) is 14.5. The average molecular weight is 402 g/mol. The van der Waals surface area contributed by atoms with Gasteiger partial charge < -0.3 is 4.74 Å². The SMILES string of the molecule is CCOc1cnc(-c2cccc(C(=O)c3nn(-c4cnn(C)c4)ccc3=O)c2)nc1. The van der Waals surface area contributed by atoms with Crippen molar-refractivity contribution in [2.45, 2.75) is 6.92 Å². The maximum Gasteiger partial charge on any atom is 0.217 e. The molecule has 3 heterocycles. The summed E-state index contributed by atoms with van der Waals surface area (Å²) in [6.45, 7) is 2.40. The summed E-state index contributed by atoms with van der Waals surface area (Å²) in [5, 5.41) is 8.30. The first-order valence-electron chi connectivity index (χ1n) is 9.24. The Balaban J connectivity index is 1.67. The lowest BCUT2D eigenvalue weighted by Crippen LogP contribution is -2.21. The molecule has 4 rings (SSSR count). The van der Waals surface area contributed by atoms with Gasteiger partial charge in [0, 0.05) is 30.4 Å². The van der Waals surface area contributed by atoms with Crippen molar-refractivity contribution in [1.29, 1.82) is 0 Å². The molecule has 1 aromatic carbocycles. The van der Waals surface area contributed by atoms with Crippen molar-refractivity contribution in [3.8, 4) is 22.8 Å². The zero-order valence-corrected chi connectivity index (χ0v) is 16.4. The van der Waals surface area contributed by atoms with E-state index in [-0.39, 0.29) is 5.69 Å². The largest absolute Gasteiger partial charge is 0.491 e. The van der Waals surface area contributed by atoms with Crippen molar-refractivity contribution < 1.29 is 9.53 Å². The van der Waals surface area contributed by atoms with Crippen LogP contribution in [-0.4, -0.2) is 41.9 Å². The zero-order valence-electron chi connectivity index (χ0n) is 16.4. The second kappa shape index (κ2) is 8.08.